The molecule has 0 heterocycles. The average molecular weight is 442 g/mol. The summed E-state index contributed by atoms with van der Waals surface area (Å²) >= 11 is 6.14. The van der Waals surface area contributed by atoms with E-state index in [0.717, 1.165) is 0 Å². The molecule has 30 heavy (non-hydrogen) atoms. The molecule has 0 unspecified atom stereocenters. The van der Waals surface area contributed by atoms with Crippen LogP contribution in [0.25, 0.3) is 6.08 Å². The van der Waals surface area contributed by atoms with Gasteiger partial charge in [-0.15, -0.1) is 0 Å². The SMILES string of the molecule is COc1ccc(CCNC(=O)/C=C/c2cc(Cl)c(OC)c(OC)c2)cc1OC(F)F. The Hall–Kier alpha value is -3.00. The Kier molecular flexibility index (Phi) is 8.73. The van der Waals surface area contributed by atoms with Crippen molar-refractivity contribution in [3.8, 4) is 23.0 Å². The van der Waals surface area contributed by atoms with E-state index in [4.69, 9.17) is 25.8 Å². The number of methoxy groups -OCH3 is 3. The molecule has 0 bridgehead atoms. The number of ether oxygens (including phenoxy) is 4. The lowest BCUT2D eigenvalue weighted by Gasteiger charge is -2.11. The molecule has 0 aromatic heterocycles. The van der Waals surface area contributed by atoms with Gasteiger partial charge in [0, 0.05) is 12.6 Å². The molecule has 162 valence electrons. The van der Waals surface area contributed by atoms with E-state index in [0.29, 0.717) is 40.6 Å². The monoisotopic (exact) mass is 441 g/mol. The number of halogens is 3. The summed E-state index contributed by atoms with van der Waals surface area (Å²) < 4.78 is 44.8. The van der Waals surface area contributed by atoms with Crippen LogP contribution in [0.4, 0.5) is 8.78 Å². The predicted octanol–water partition coefficient (Wildman–Crippen LogP) is 4.34. The molecule has 1 N–H and O–H groups in total. The molecular formula is C21H22ClF2NO5. The van der Waals surface area contributed by atoms with Crippen molar-refractivity contribution in [1.82, 2.24) is 5.32 Å². The normalized spacial score (nSPS) is 10.9. The molecule has 6 nitrogen and oxygen atoms in total. The number of rotatable bonds is 10. The Morgan fingerprint density at radius 1 is 1.07 bits per heavy atom. The third-order valence-corrected chi connectivity index (χ3v) is 4.32. The lowest BCUT2D eigenvalue weighted by Crippen LogP contribution is -2.23. The van der Waals surface area contributed by atoms with Crippen molar-refractivity contribution in [1.29, 1.82) is 0 Å². The van der Waals surface area contributed by atoms with Crippen LogP contribution >= 0.6 is 11.6 Å². The van der Waals surface area contributed by atoms with Crippen molar-refractivity contribution in [2.75, 3.05) is 27.9 Å². The second-order valence-electron chi connectivity index (χ2n) is 5.98. The van der Waals surface area contributed by atoms with Gasteiger partial charge in [-0.3, -0.25) is 4.79 Å². The number of carbonyl (C=O) groups is 1. The minimum absolute atomic E-state index is 0.0541. The van der Waals surface area contributed by atoms with Crippen LogP contribution in [0.3, 0.4) is 0 Å². The zero-order chi connectivity index (χ0) is 22.1. The lowest BCUT2D eigenvalue weighted by atomic mass is 10.1. The van der Waals surface area contributed by atoms with Crippen molar-refractivity contribution in [3.63, 3.8) is 0 Å². The molecule has 1 amide bonds. The van der Waals surface area contributed by atoms with Crippen molar-refractivity contribution in [2.45, 2.75) is 13.0 Å². The van der Waals surface area contributed by atoms with E-state index < -0.39 is 6.61 Å². The van der Waals surface area contributed by atoms with Crippen LogP contribution in [0.15, 0.2) is 36.4 Å². The zero-order valence-electron chi connectivity index (χ0n) is 16.7. The van der Waals surface area contributed by atoms with Gasteiger partial charge in [0.15, 0.2) is 23.0 Å². The maximum absolute atomic E-state index is 12.5. The van der Waals surface area contributed by atoms with Crippen molar-refractivity contribution >= 4 is 23.6 Å². The molecule has 0 aliphatic rings. The van der Waals surface area contributed by atoms with E-state index in [1.807, 2.05) is 0 Å². The summed E-state index contributed by atoms with van der Waals surface area (Å²) in [5.41, 5.74) is 1.37. The first-order valence-corrected chi connectivity index (χ1v) is 9.24. The largest absolute Gasteiger partial charge is 0.493 e. The molecule has 0 fully saturated rings. The minimum Gasteiger partial charge on any atom is -0.493 e. The maximum atomic E-state index is 12.5. The lowest BCUT2D eigenvalue weighted by molar-refractivity contribution is -0.116. The van der Waals surface area contributed by atoms with Crippen molar-refractivity contribution in [3.05, 3.63) is 52.6 Å². The highest BCUT2D eigenvalue weighted by molar-refractivity contribution is 6.32. The molecule has 9 heteroatoms. The van der Waals surface area contributed by atoms with Crippen LogP contribution < -0.4 is 24.3 Å². The Balaban J connectivity index is 1.95. The third kappa shape index (κ3) is 6.52. The smallest absolute Gasteiger partial charge is 0.387 e. The van der Waals surface area contributed by atoms with Gasteiger partial charge in [-0.2, -0.15) is 8.78 Å². The Morgan fingerprint density at radius 2 is 1.80 bits per heavy atom. The molecule has 2 aromatic carbocycles. The highest BCUT2D eigenvalue weighted by atomic mass is 35.5. The van der Waals surface area contributed by atoms with E-state index in [9.17, 15) is 13.6 Å². The number of nitrogens with one attached hydrogen (secondary N) is 1. The maximum Gasteiger partial charge on any atom is 0.387 e. The summed E-state index contributed by atoms with van der Waals surface area (Å²) in [6, 6.07) is 8.05. The molecule has 2 aromatic rings. The zero-order valence-corrected chi connectivity index (χ0v) is 17.5. The summed E-state index contributed by atoms with van der Waals surface area (Å²) in [4.78, 5) is 12.1. The fourth-order valence-electron chi connectivity index (χ4n) is 2.66. The van der Waals surface area contributed by atoms with Gasteiger partial charge in [0.05, 0.1) is 26.4 Å². The summed E-state index contributed by atoms with van der Waals surface area (Å²) in [5, 5.41) is 3.08. The number of amides is 1. The van der Waals surface area contributed by atoms with Gasteiger partial charge in [0.25, 0.3) is 0 Å². The first-order valence-electron chi connectivity index (χ1n) is 8.87. The van der Waals surface area contributed by atoms with E-state index in [1.54, 1.807) is 24.3 Å². The number of hydrogen-bond acceptors (Lipinski definition) is 5. The van der Waals surface area contributed by atoms with E-state index in [2.05, 4.69) is 10.1 Å². The van der Waals surface area contributed by atoms with Gasteiger partial charge in [-0.05, 0) is 47.9 Å². The summed E-state index contributed by atoms with van der Waals surface area (Å²) in [5.74, 6) is 0.696. The van der Waals surface area contributed by atoms with Crippen LogP contribution in [-0.4, -0.2) is 40.4 Å². The summed E-state index contributed by atoms with van der Waals surface area (Å²) in [6.07, 6.45) is 3.37. The van der Waals surface area contributed by atoms with Crippen LogP contribution in [0.1, 0.15) is 11.1 Å². The molecule has 0 atom stereocenters. The van der Waals surface area contributed by atoms with Crippen molar-refractivity contribution in [2.24, 2.45) is 0 Å². The third-order valence-electron chi connectivity index (χ3n) is 4.04. The minimum atomic E-state index is -2.95. The number of alkyl halides is 2. The molecule has 0 saturated heterocycles. The second kappa shape index (κ2) is 11.3. The van der Waals surface area contributed by atoms with E-state index in [-0.39, 0.29) is 17.4 Å². The van der Waals surface area contributed by atoms with Crippen LogP contribution in [0, 0.1) is 0 Å². The van der Waals surface area contributed by atoms with Gasteiger partial charge in [-0.1, -0.05) is 17.7 Å². The van der Waals surface area contributed by atoms with Gasteiger partial charge < -0.3 is 24.3 Å². The second-order valence-corrected chi connectivity index (χ2v) is 6.38. The van der Waals surface area contributed by atoms with Crippen LogP contribution in [-0.2, 0) is 11.2 Å². The predicted molar refractivity (Wildman–Crippen MR) is 110 cm³/mol. The Morgan fingerprint density at radius 3 is 2.43 bits per heavy atom. The van der Waals surface area contributed by atoms with E-state index in [1.165, 1.54) is 39.5 Å². The fraction of sp³-hybridized carbons (Fsp3) is 0.286. The fourth-order valence-corrected chi connectivity index (χ4v) is 2.96. The van der Waals surface area contributed by atoms with E-state index >= 15 is 0 Å². The highest BCUT2D eigenvalue weighted by Crippen LogP contribution is 2.36. The molecule has 0 aliphatic heterocycles. The number of carbonyl (C=O) groups excluding carboxylic acids is 1. The number of hydrogen-bond donors (Lipinski definition) is 1. The molecule has 0 radical (unpaired) electrons. The Bertz CT molecular complexity index is 905. The van der Waals surface area contributed by atoms with Crippen molar-refractivity contribution < 1.29 is 32.5 Å². The highest BCUT2D eigenvalue weighted by Gasteiger charge is 2.12. The molecule has 0 saturated carbocycles. The summed E-state index contributed by atoms with van der Waals surface area (Å²) in [7, 11) is 4.34. The standard InChI is InChI=1S/C21H22ClF2NO5/c1-27-16-6-4-13(11-17(16)30-21(23)24)8-9-25-19(26)7-5-14-10-15(22)20(29-3)18(12-14)28-2/h4-7,10-12,21H,8-9H2,1-3H3,(H,25,26)/b7-5+. The number of benzene rings is 2. The molecule has 0 spiro atoms. The van der Waals surface area contributed by atoms with Crippen LogP contribution in [0.5, 0.6) is 23.0 Å². The first kappa shape index (κ1) is 23.3. The van der Waals surface area contributed by atoms with Gasteiger partial charge in [-0.25, -0.2) is 0 Å². The average Bonchev–Trinajstić information content (AvgIpc) is 2.71. The van der Waals surface area contributed by atoms with Gasteiger partial charge in [0.2, 0.25) is 5.91 Å². The van der Waals surface area contributed by atoms with Crippen LogP contribution in [0.2, 0.25) is 5.02 Å². The topological polar surface area (TPSA) is 66.0 Å². The van der Waals surface area contributed by atoms with Gasteiger partial charge >= 0.3 is 6.61 Å². The molecule has 2 rings (SSSR count). The van der Waals surface area contributed by atoms with Gasteiger partial charge in [0.1, 0.15) is 0 Å². The summed E-state index contributed by atoms with van der Waals surface area (Å²) in [6.45, 7) is -2.65. The quantitative estimate of drug-likeness (QED) is 0.556. The molecule has 0 aliphatic carbocycles. The molecular weight excluding hydrogens is 420 g/mol. The Labute approximate surface area is 178 Å². The first-order chi connectivity index (χ1) is 14.4.